The van der Waals surface area contributed by atoms with Crippen LogP contribution in [0.1, 0.15) is 46.5 Å². The maximum Gasteiger partial charge on any atom is 0.339 e. The normalized spacial score (nSPS) is 19.0. The standard InChI is InChI=1S/C15H19NO4S/c17-13(9-5-7-20-8-6-9)16-14-12(15(18)19)10-3-1-2-4-11(10)21-14/h9H,1-8H2,(H,16,17)(H,18,19). The quantitative estimate of drug-likeness (QED) is 0.900. The second-order valence-electron chi connectivity index (χ2n) is 5.60. The van der Waals surface area contributed by atoms with Gasteiger partial charge >= 0.3 is 5.97 Å². The number of carbonyl (C=O) groups is 2. The van der Waals surface area contributed by atoms with Gasteiger partial charge in [0.05, 0.1) is 5.56 Å². The number of carboxylic acid groups (broad SMARTS) is 1. The highest BCUT2D eigenvalue weighted by Crippen LogP contribution is 2.38. The van der Waals surface area contributed by atoms with Gasteiger partial charge in [-0.1, -0.05) is 0 Å². The number of ether oxygens (including phenoxy) is 1. The first kappa shape index (κ1) is 14.5. The van der Waals surface area contributed by atoms with Crippen LogP contribution < -0.4 is 5.32 Å². The molecule has 1 aliphatic carbocycles. The molecule has 0 aromatic carbocycles. The van der Waals surface area contributed by atoms with E-state index in [9.17, 15) is 14.7 Å². The van der Waals surface area contributed by atoms with Gasteiger partial charge in [-0.05, 0) is 44.1 Å². The van der Waals surface area contributed by atoms with Crippen molar-refractivity contribution in [3.63, 3.8) is 0 Å². The molecule has 0 atom stereocenters. The van der Waals surface area contributed by atoms with Gasteiger partial charge in [0, 0.05) is 24.0 Å². The van der Waals surface area contributed by atoms with E-state index in [0.29, 0.717) is 36.6 Å². The maximum atomic E-state index is 12.3. The van der Waals surface area contributed by atoms with Gasteiger partial charge in [-0.25, -0.2) is 4.79 Å². The van der Waals surface area contributed by atoms with Crippen LogP contribution in [0.4, 0.5) is 5.00 Å². The summed E-state index contributed by atoms with van der Waals surface area (Å²) in [5.74, 6) is -1.07. The number of anilines is 1. The largest absolute Gasteiger partial charge is 0.478 e. The number of aromatic carboxylic acids is 1. The fourth-order valence-corrected chi connectivity index (χ4v) is 4.34. The molecule has 6 heteroatoms. The number of carbonyl (C=O) groups excluding carboxylic acids is 1. The Morgan fingerprint density at radius 2 is 1.90 bits per heavy atom. The molecule has 3 rings (SSSR count). The summed E-state index contributed by atoms with van der Waals surface area (Å²) in [4.78, 5) is 25.0. The van der Waals surface area contributed by atoms with Crippen LogP contribution >= 0.6 is 11.3 Å². The molecule has 0 spiro atoms. The van der Waals surface area contributed by atoms with Gasteiger partial charge in [0.15, 0.2) is 0 Å². The maximum absolute atomic E-state index is 12.3. The molecule has 0 radical (unpaired) electrons. The van der Waals surface area contributed by atoms with Crippen LogP contribution in [0.5, 0.6) is 0 Å². The minimum atomic E-state index is -0.934. The van der Waals surface area contributed by atoms with E-state index in [2.05, 4.69) is 5.32 Å². The number of aryl methyl sites for hydroxylation is 1. The molecule has 0 saturated carbocycles. The van der Waals surface area contributed by atoms with Crippen molar-refractivity contribution in [3.05, 3.63) is 16.0 Å². The zero-order chi connectivity index (χ0) is 14.8. The zero-order valence-corrected chi connectivity index (χ0v) is 12.6. The first-order valence-electron chi connectivity index (χ1n) is 7.43. The van der Waals surface area contributed by atoms with Crippen LogP contribution in [0.15, 0.2) is 0 Å². The Labute approximate surface area is 127 Å². The topological polar surface area (TPSA) is 75.6 Å². The van der Waals surface area contributed by atoms with Gasteiger partial charge in [0.2, 0.25) is 5.91 Å². The third-order valence-corrected chi connectivity index (χ3v) is 5.42. The Balaban J connectivity index is 1.82. The lowest BCUT2D eigenvalue weighted by molar-refractivity contribution is -0.122. The van der Waals surface area contributed by atoms with E-state index in [1.807, 2.05) is 0 Å². The molecule has 1 saturated heterocycles. The Morgan fingerprint density at radius 3 is 2.62 bits per heavy atom. The molecule has 1 amide bonds. The molecule has 1 aliphatic heterocycles. The molecular formula is C15H19NO4S. The van der Waals surface area contributed by atoms with Crippen LogP contribution in [0.25, 0.3) is 0 Å². The summed E-state index contributed by atoms with van der Waals surface area (Å²) in [6.07, 6.45) is 5.27. The highest BCUT2D eigenvalue weighted by Gasteiger charge is 2.28. The third-order valence-electron chi connectivity index (χ3n) is 4.21. The fourth-order valence-electron chi connectivity index (χ4n) is 3.05. The third kappa shape index (κ3) is 2.96. The molecule has 2 heterocycles. The summed E-state index contributed by atoms with van der Waals surface area (Å²) in [6.45, 7) is 1.20. The monoisotopic (exact) mass is 309 g/mol. The highest BCUT2D eigenvalue weighted by molar-refractivity contribution is 7.17. The molecule has 1 aromatic rings. The predicted molar refractivity (Wildman–Crippen MR) is 80.1 cm³/mol. The van der Waals surface area contributed by atoms with Gasteiger partial charge in [0.25, 0.3) is 0 Å². The average molecular weight is 309 g/mol. The van der Waals surface area contributed by atoms with Crippen molar-refractivity contribution in [1.82, 2.24) is 0 Å². The Hall–Kier alpha value is -1.40. The molecule has 0 bridgehead atoms. The molecule has 2 aliphatic rings. The number of nitrogens with one attached hydrogen (secondary N) is 1. The number of amides is 1. The van der Waals surface area contributed by atoms with Crippen molar-refractivity contribution >= 4 is 28.2 Å². The van der Waals surface area contributed by atoms with Crippen LogP contribution in [-0.4, -0.2) is 30.2 Å². The van der Waals surface area contributed by atoms with Crippen molar-refractivity contribution < 1.29 is 19.4 Å². The lowest BCUT2D eigenvalue weighted by Gasteiger charge is -2.21. The number of fused-ring (bicyclic) bond motifs is 1. The smallest absolute Gasteiger partial charge is 0.339 e. The van der Waals surface area contributed by atoms with Crippen molar-refractivity contribution in [3.8, 4) is 0 Å². The van der Waals surface area contributed by atoms with E-state index in [1.54, 1.807) is 0 Å². The molecule has 2 N–H and O–H groups in total. The Bertz CT molecular complexity index is 560. The van der Waals surface area contributed by atoms with Crippen molar-refractivity contribution in [1.29, 1.82) is 0 Å². The Kier molecular flexibility index (Phi) is 4.26. The molecule has 21 heavy (non-hydrogen) atoms. The number of hydrogen-bond acceptors (Lipinski definition) is 4. The summed E-state index contributed by atoms with van der Waals surface area (Å²) >= 11 is 1.44. The summed E-state index contributed by atoms with van der Waals surface area (Å²) in [5, 5.41) is 12.9. The second kappa shape index (κ2) is 6.15. The van der Waals surface area contributed by atoms with Gasteiger partial charge in [0.1, 0.15) is 5.00 Å². The van der Waals surface area contributed by atoms with E-state index in [-0.39, 0.29) is 11.8 Å². The molecule has 0 unspecified atom stereocenters. The first-order chi connectivity index (χ1) is 10.2. The molecule has 5 nitrogen and oxygen atoms in total. The van der Waals surface area contributed by atoms with Gasteiger partial charge < -0.3 is 15.2 Å². The first-order valence-corrected chi connectivity index (χ1v) is 8.25. The SMILES string of the molecule is O=C(O)c1c(NC(=O)C2CCOCC2)sc2c1CCCC2. The highest BCUT2D eigenvalue weighted by atomic mass is 32.1. The van der Waals surface area contributed by atoms with Crippen LogP contribution in [0, 0.1) is 5.92 Å². The van der Waals surface area contributed by atoms with Crippen LogP contribution in [0.3, 0.4) is 0 Å². The van der Waals surface area contributed by atoms with Crippen LogP contribution in [-0.2, 0) is 22.4 Å². The molecule has 114 valence electrons. The van der Waals surface area contributed by atoms with E-state index in [1.165, 1.54) is 11.3 Å². The van der Waals surface area contributed by atoms with E-state index < -0.39 is 5.97 Å². The molecular weight excluding hydrogens is 290 g/mol. The van der Waals surface area contributed by atoms with Crippen LogP contribution in [0.2, 0.25) is 0 Å². The minimum absolute atomic E-state index is 0.0699. The van der Waals surface area contributed by atoms with Crippen molar-refractivity contribution in [2.45, 2.75) is 38.5 Å². The summed E-state index contributed by atoms with van der Waals surface area (Å²) in [7, 11) is 0. The predicted octanol–water partition coefficient (Wildman–Crippen LogP) is 2.69. The minimum Gasteiger partial charge on any atom is -0.478 e. The number of rotatable bonds is 3. The van der Waals surface area contributed by atoms with E-state index in [4.69, 9.17) is 4.74 Å². The lowest BCUT2D eigenvalue weighted by Crippen LogP contribution is -2.28. The van der Waals surface area contributed by atoms with Crippen molar-refractivity contribution in [2.75, 3.05) is 18.5 Å². The zero-order valence-electron chi connectivity index (χ0n) is 11.8. The van der Waals surface area contributed by atoms with E-state index >= 15 is 0 Å². The summed E-state index contributed by atoms with van der Waals surface area (Å²) in [5.41, 5.74) is 1.25. The number of hydrogen-bond donors (Lipinski definition) is 2. The van der Waals surface area contributed by atoms with Crippen molar-refractivity contribution in [2.24, 2.45) is 5.92 Å². The average Bonchev–Trinajstić information content (AvgIpc) is 2.86. The fraction of sp³-hybridized carbons (Fsp3) is 0.600. The van der Waals surface area contributed by atoms with E-state index in [0.717, 1.165) is 36.1 Å². The molecule has 1 fully saturated rings. The molecule has 1 aromatic heterocycles. The summed E-state index contributed by atoms with van der Waals surface area (Å²) in [6, 6.07) is 0. The number of carboxylic acids is 1. The van der Waals surface area contributed by atoms with Gasteiger partial charge in [-0.3, -0.25) is 4.79 Å². The lowest BCUT2D eigenvalue weighted by atomic mass is 9.95. The second-order valence-corrected chi connectivity index (χ2v) is 6.70. The number of thiophene rings is 1. The van der Waals surface area contributed by atoms with Gasteiger partial charge in [-0.15, -0.1) is 11.3 Å². The summed E-state index contributed by atoms with van der Waals surface area (Å²) < 4.78 is 5.26. The Morgan fingerprint density at radius 1 is 1.19 bits per heavy atom. The van der Waals surface area contributed by atoms with Gasteiger partial charge in [-0.2, -0.15) is 0 Å².